The van der Waals surface area contributed by atoms with Crippen molar-refractivity contribution in [2.75, 3.05) is 32.1 Å². The molecule has 7 nitrogen and oxygen atoms in total. The summed E-state index contributed by atoms with van der Waals surface area (Å²) in [6, 6.07) is 18.7. The van der Waals surface area contributed by atoms with Gasteiger partial charge in [0.1, 0.15) is 0 Å². The first-order valence-corrected chi connectivity index (χ1v) is 10.9. The van der Waals surface area contributed by atoms with Gasteiger partial charge in [-0.1, -0.05) is 42.5 Å². The highest BCUT2D eigenvalue weighted by Crippen LogP contribution is 2.14. The minimum atomic E-state index is -0.473. The van der Waals surface area contributed by atoms with Crippen LogP contribution in [0.4, 0.5) is 10.5 Å². The molecule has 1 saturated heterocycles. The number of ether oxygens (including phenoxy) is 1. The normalized spacial score (nSPS) is 14.9. The fourth-order valence-corrected chi connectivity index (χ4v) is 3.62. The molecule has 1 aliphatic rings. The third-order valence-electron chi connectivity index (χ3n) is 5.33. The van der Waals surface area contributed by atoms with Gasteiger partial charge in [-0.15, -0.1) is 24.0 Å². The Morgan fingerprint density at radius 3 is 2.38 bits per heavy atom. The van der Waals surface area contributed by atoms with E-state index in [9.17, 15) is 4.79 Å². The highest BCUT2D eigenvalue weighted by Gasteiger charge is 2.20. The maximum Gasteiger partial charge on any atom is 0.411 e. The van der Waals surface area contributed by atoms with Crippen molar-refractivity contribution >= 4 is 41.7 Å². The zero-order valence-corrected chi connectivity index (χ0v) is 21.2. The van der Waals surface area contributed by atoms with E-state index in [1.807, 2.05) is 24.3 Å². The monoisotopic (exact) mass is 551 g/mol. The molecule has 3 rings (SSSR count). The van der Waals surface area contributed by atoms with Gasteiger partial charge in [-0.05, 0) is 43.0 Å². The van der Waals surface area contributed by atoms with Gasteiger partial charge in [0.05, 0.1) is 13.7 Å². The molecule has 0 atom stereocenters. The van der Waals surface area contributed by atoms with E-state index in [1.165, 1.54) is 12.7 Å². The van der Waals surface area contributed by atoms with Gasteiger partial charge in [-0.25, -0.2) is 9.79 Å². The van der Waals surface area contributed by atoms with Crippen LogP contribution in [0.1, 0.15) is 30.9 Å². The van der Waals surface area contributed by atoms with Gasteiger partial charge < -0.3 is 15.4 Å². The van der Waals surface area contributed by atoms with Crippen LogP contribution in [0.3, 0.4) is 0 Å². The summed E-state index contributed by atoms with van der Waals surface area (Å²) in [4.78, 5) is 18.5. The molecule has 1 heterocycles. The average Bonchev–Trinajstić information content (AvgIpc) is 2.80. The molecule has 8 heteroatoms. The van der Waals surface area contributed by atoms with Crippen LogP contribution < -0.4 is 16.0 Å². The van der Waals surface area contributed by atoms with Crippen LogP contribution >= 0.6 is 24.0 Å². The molecule has 0 saturated carbocycles. The minimum Gasteiger partial charge on any atom is -0.453 e. The fourth-order valence-electron chi connectivity index (χ4n) is 3.62. The summed E-state index contributed by atoms with van der Waals surface area (Å²) in [7, 11) is 1.35. The fraction of sp³-hybridized carbons (Fsp3) is 0.417. The van der Waals surface area contributed by atoms with Crippen molar-refractivity contribution in [1.82, 2.24) is 15.5 Å². The number of anilines is 1. The number of carbonyl (C=O) groups excluding carboxylic acids is 1. The molecule has 174 valence electrons. The molecule has 1 aliphatic heterocycles. The number of hydrogen-bond acceptors (Lipinski definition) is 4. The largest absolute Gasteiger partial charge is 0.453 e. The van der Waals surface area contributed by atoms with Gasteiger partial charge >= 0.3 is 6.09 Å². The SMILES string of the molecule is CCNC(=NCc1ccc(NC(=O)OC)cc1)NC1CCN(Cc2ccccc2)CC1.I. The summed E-state index contributed by atoms with van der Waals surface area (Å²) >= 11 is 0. The number of nitrogens with one attached hydrogen (secondary N) is 3. The van der Waals surface area contributed by atoms with Gasteiger partial charge in [-0.2, -0.15) is 0 Å². The zero-order chi connectivity index (χ0) is 21.9. The van der Waals surface area contributed by atoms with E-state index in [2.05, 4.69) is 62.8 Å². The van der Waals surface area contributed by atoms with Crippen LogP contribution in [0.25, 0.3) is 0 Å². The summed E-state index contributed by atoms with van der Waals surface area (Å²) in [5.74, 6) is 0.848. The third kappa shape index (κ3) is 8.66. The minimum absolute atomic E-state index is 0. The molecular weight excluding hydrogens is 517 g/mol. The lowest BCUT2D eigenvalue weighted by Crippen LogP contribution is -2.48. The van der Waals surface area contributed by atoms with E-state index in [0.717, 1.165) is 50.5 Å². The lowest BCUT2D eigenvalue weighted by molar-refractivity contribution is 0.187. The highest BCUT2D eigenvalue weighted by atomic mass is 127. The van der Waals surface area contributed by atoms with Crippen molar-refractivity contribution in [3.8, 4) is 0 Å². The van der Waals surface area contributed by atoms with Crippen LogP contribution in [0.15, 0.2) is 59.6 Å². The first-order valence-electron chi connectivity index (χ1n) is 10.9. The molecule has 0 bridgehead atoms. The number of amides is 1. The molecule has 32 heavy (non-hydrogen) atoms. The predicted octanol–water partition coefficient (Wildman–Crippen LogP) is 4.20. The Balaban J connectivity index is 0.00000363. The Morgan fingerprint density at radius 2 is 1.75 bits per heavy atom. The van der Waals surface area contributed by atoms with E-state index < -0.39 is 6.09 Å². The Labute approximate surface area is 208 Å². The van der Waals surface area contributed by atoms with Crippen LogP contribution in [0.5, 0.6) is 0 Å². The maximum atomic E-state index is 11.3. The molecule has 0 spiro atoms. The maximum absolute atomic E-state index is 11.3. The molecule has 0 aliphatic carbocycles. The van der Waals surface area contributed by atoms with Crippen LogP contribution in [-0.4, -0.2) is 49.7 Å². The molecule has 0 radical (unpaired) electrons. The number of aliphatic imine (C=N–C) groups is 1. The van der Waals surface area contributed by atoms with Crippen LogP contribution in [0.2, 0.25) is 0 Å². The van der Waals surface area contributed by atoms with Gasteiger partial charge in [-0.3, -0.25) is 10.2 Å². The first-order chi connectivity index (χ1) is 15.2. The second-order valence-corrected chi connectivity index (χ2v) is 7.69. The topological polar surface area (TPSA) is 78.0 Å². The van der Waals surface area contributed by atoms with E-state index in [-0.39, 0.29) is 24.0 Å². The smallest absolute Gasteiger partial charge is 0.411 e. The van der Waals surface area contributed by atoms with Crippen molar-refractivity contribution in [3.05, 3.63) is 65.7 Å². The van der Waals surface area contributed by atoms with E-state index in [0.29, 0.717) is 18.3 Å². The molecule has 0 aromatic heterocycles. The number of rotatable bonds is 7. The molecular formula is C24H34IN5O2. The standard InChI is InChI=1S/C24H33N5O2.HI/c1-3-25-23(26-17-19-9-11-21(12-10-19)28-24(30)31-2)27-22-13-15-29(16-14-22)18-20-7-5-4-6-8-20;/h4-12,22H,3,13-18H2,1-2H3,(H,28,30)(H2,25,26,27);1H. The number of benzene rings is 2. The summed E-state index contributed by atoms with van der Waals surface area (Å²) in [6.07, 6.45) is 1.73. The number of nitrogens with zero attached hydrogens (tertiary/aromatic N) is 2. The number of halogens is 1. The van der Waals surface area contributed by atoms with Gasteiger partial charge in [0.2, 0.25) is 0 Å². The van der Waals surface area contributed by atoms with Gasteiger partial charge in [0.25, 0.3) is 0 Å². The Kier molecular flexibility index (Phi) is 11.3. The molecule has 2 aromatic carbocycles. The first kappa shape index (κ1) is 25.9. The summed E-state index contributed by atoms with van der Waals surface area (Å²) in [5.41, 5.74) is 3.15. The van der Waals surface area contributed by atoms with Crippen LogP contribution in [0, 0.1) is 0 Å². The number of hydrogen-bond donors (Lipinski definition) is 3. The van der Waals surface area contributed by atoms with E-state index in [1.54, 1.807) is 0 Å². The second kappa shape index (κ2) is 13.9. The predicted molar refractivity (Wildman–Crippen MR) is 141 cm³/mol. The third-order valence-corrected chi connectivity index (χ3v) is 5.33. The van der Waals surface area contributed by atoms with Crippen molar-refractivity contribution in [1.29, 1.82) is 0 Å². The van der Waals surface area contributed by atoms with Crippen molar-refractivity contribution < 1.29 is 9.53 Å². The van der Waals surface area contributed by atoms with E-state index in [4.69, 9.17) is 4.99 Å². The number of piperidine rings is 1. The average molecular weight is 551 g/mol. The number of carbonyl (C=O) groups is 1. The van der Waals surface area contributed by atoms with Gasteiger partial charge in [0.15, 0.2) is 5.96 Å². The van der Waals surface area contributed by atoms with Gasteiger partial charge in [0, 0.05) is 37.9 Å². The Bertz CT molecular complexity index is 837. The zero-order valence-electron chi connectivity index (χ0n) is 18.8. The Morgan fingerprint density at radius 1 is 1.06 bits per heavy atom. The number of guanidine groups is 1. The van der Waals surface area contributed by atoms with Crippen molar-refractivity contribution in [3.63, 3.8) is 0 Å². The molecule has 1 fully saturated rings. The molecule has 2 aromatic rings. The number of likely N-dealkylation sites (tertiary alicyclic amines) is 1. The van der Waals surface area contributed by atoms with Crippen molar-refractivity contribution in [2.24, 2.45) is 4.99 Å². The molecule has 1 amide bonds. The summed E-state index contributed by atoms with van der Waals surface area (Å²) in [5, 5.41) is 9.59. The quantitative estimate of drug-likeness (QED) is 0.273. The lowest BCUT2D eigenvalue weighted by atomic mass is 10.0. The summed E-state index contributed by atoms with van der Waals surface area (Å²) in [6.45, 7) is 6.65. The van der Waals surface area contributed by atoms with Crippen molar-refractivity contribution in [2.45, 2.75) is 38.9 Å². The number of methoxy groups -OCH3 is 1. The molecule has 0 unspecified atom stereocenters. The van der Waals surface area contributed by atoms with E-state index >= 15 is 0 Å². The molecule has 3 N–H and O–H groups in total. The highest BCUT2D eigenvalue weighted by molar-refractivity contribution is 14.0. The Hall–Kier alpha value is -2.33. The van der Waals surface area contributed by atoms with Crippen LogP contribution in [-0.2, 0) is 17.8 Å². The summed E-state index contributed by atoms with van der Waals surface area (Å²) < 4.78 is 4.61. The second-order valence-electron chi connectivity index (χ2n) is 7.69. The lowest BCUT2D eigenvalue weighted by Gasteiger charge is -2.33.